The van der Waals surface area contributed by atoms with Crippen LogP contribution in [0.25, 0.3) is 0 Å². The topological polar surface area (TPSA) is 0 Å². The van der Waals surface area contributed by atoms with Gasteiger partial charge in [0.05, 0.1) is 0 Å². The van der Waals surface area contributed by atoms with E-state index in [0.29, 0.717) is 0 Å². The summed E-state index contributed by atoms with van der Waals surface area (Å²) in [5.41, 5.74) is 3.02. The van der Waals surface area contributed by atoms with Gasteiger partial charge in [-0.3, -0.25) is 0 Å². The molecule has 0 fully saturated rings. The number of rotatable bonds is 0. The van der Waals surface area contributed by atoms with E-state index in [4.69, 9.17) is 0 Å². The van der Waals surface area contributed by atoms with Gasteiger partial charge in [0.25, 0.3) is 0 Å². The fourth-order valence-corrected chi connectivity index (χ4v) is 4.88. The van der Waals surface area contributed by atoms with Crippen LogP contribution in [0.1, 0.15) is 20.8 Å². The van der Waals surface area contributed by atoms with Crippen LogP contribution < -0.4 is 0 Å². The maximum absolute atomic E-state index is 2.50. The van der Waals surface area contributed by atoms with Gasteiger partial charge in [-0.25, -0.2) is 0 Å². The average Bonchev–Trinajstić information content (AvgIpc) is 1.92. The Morgan fingerprint density at radius 1 is 1.00 bits per heavy atom. The van der Waals surface area contributed by atoms with Crippen LogP contribution in [0.3, 0.4) is 0 Å². The molecule has 0 N–H and O–H groups in total. The van der Waals surface area contributed by atoms with Crippen LogP contribution >= 0.6 is 6.60 Å². The van der Waals surface area contributed by atoms with Crippen LogP contribution in [0, 0.1) is 0 Å². The summed E-state index contributed by atoms with van der Waals surface area (Å²) in [6, 6.07) is 0. The third-order valence-electron chi connectivity index (χ3n) is 2.98. The molecule has 0 aromatic rings. The summed E-state index contributed by atoms with van der Waals surface area (Å²) in [6.45, 7) is 12.5. The third-order valence-corrected chi connectivity index (χ3v) is 7.01. The van der Waals surface area contributed by atoms with E-state index in [-0.39, 0.29) is 0 Å². The van der Waals surface area contributed by atoms with E-state index in [0.717, 1.165) is 0 Å². The van der Waals surface area contributed by atoms with Gasteiger partial charge in [-0.2, -0.15) is 0 Å². The molecular weight excluding hydrogens is 151 g/mol. The van der Waals surface area contributed by atoms with Crippen molar-refractivity contribution in [1.29, 1.82) is 0 Å². The van der Waals surface area contributed by atoms with Gasteiger partial charge in [0, 0.05) is 0 Å². The summed E-state index contributed by atoms with van der Waals surface area (Å²) in [4.78, 5) is 0. The Labute approximate surface area is 70.3 Å². The quantitative estimate of drug-likeness (QED) is 0.487. The fourth-order valence-electron chi connectivity index (χ4n) is 1.76. The van der Waals surface area contributed by atoms with E-state index in [1.54, 1.807) is 5.31 Å². The zero-order chi connectivity index (χ0) is 8.89. The van der Waals surface area contributed by atoms with Crippen LogP contribution in [0.5, 0.6) is 0 Å². The molecule has 0 saturated carbocycles. The summed E-state index contributed by atoms with van der Waals surface area (Å²) in [5, 5.41) is 1.63. The summed E-state index contributed by atoms with van der Waals surface area (Å²) in [7, 11) is 0. The summed E-state index contributed by atoms with van der Waals surface area (Å²) < 4.78 is 0. The number of allylic oxidation sites excluding steroid dienone is 3. The molecular formula is C10H19P. The zero-order valence-corrected chi connectivity index (χ0v) is 9.42. The van der Waals surface area contributed by atoms with Gasteiger partial charge in [-0.15, -0.1) is 0 Å². The van der Waals surface area contributed by atoms with E-state index in [1.165, 1.54) is 11.1 Å². The van der Waals surface area contributed by atoms with Crippen molar-refractivity contribution >= 4 is 6.60 Å². The first-order valence-electron chi connectivity index (χ1n) is 4.11. The SMILES string of the molecule is CC1=CP(C)(C)(C)C(C)=C1C. The van der Waals surface area contributed by atoms with Crippen molar-refractivity contribution in [2.45, 2.75) is 20.8 Å². The normalized spacial score (nSPS) is 31.1. The minimum atomic E-state index is -1.51. The van der Waals surface area contributed by atoms with Crippen molar-refractivity contribution in [2.75, 3.05) is 20.0 Å². The van der Waals surface area contributed by atoms with Crippen LogP contribution in [0.2, 0.25) is 0 Å². The molecule has 0 saturated heterocycles. The van der Waals surface area contributed by atoms with Gasteiger partial charge in [-0.1, -0.05) is 0 Å². The molecule has 0 amide bonds. The molecule has 11 heavy (non-hydrogen) atoms. The van der Waals surface area contributed by atoms with Gasteiger partial charge < -0.3 is 0 Å². The first kappa shape index (κ1) is 9.00. The van der Waals surface area contributed by atoms with E-state index >= 15 is 0 Å². The molecule has 0 nitrogen and oxygen atoms in total. The van der Waals surface area contributed by atoms with Crippen molar-refractivity contribution in [1.82, 2.24) is 0 Å². The predicted octanol–water partition coefficient (Wildman–Crippen LogP) is 3.64. The molecule has 1 heteroatoms. The first-order chi connectivity index (χ1) is 4.72. The molecule has 1 heterocycles. The summed E-state index contributed by atoms with van der Waals surface area (Å²) in [5.74, 6) is 2.50. The number of hydrogen-bond donors (Lipinski definition) is 0. The molecule has 0 spiro atoms. The second-order valence-corrected chi connectivity index (χ2v) is 11.7. The molecule has 0 aliphatic carbocycles. The monoisotopic (exact) mass is 170 g/mol. The van der Waals surface area contributed by atoms with Crippen molar-refractivity contribution in [3.8, 4) is 0 Å². The van der Waals surface area contributed by atoms with Gasteiger partial charge in [0.1, 0.15) is 0 Å². The molecule has 0 aromatic heterocycles. The van der Waals surface area contributed by atoms with E-state index in [9.17, 15) is 0 Å². The fraction of sp³-hybridized carbons (Fsp3) is 0.600. The van der Waals surface area contributed by atoms with Crippen LogP contribution in [-0.4, -0.2) is 20.0 Å². The van der Waals surface area contributed by atoms with Crippen LogP contribution in [0.15, 0.2) is 22.3 Å². The standard InChI is InChI=1S/C10H19P/c1-8-7-11(4,5,6)10(3)9(8)2/h7H,1-6H3. The average molecular weight is 170 g/mol. The van der Waals surface area contributed by atoms with Crippen LogP contribution in [0.4, 0.5) is 0 Å². The Balaban J connectivity index is 3.33. The van der Waals surface area contributed by atoms with E-state index in [2.05, 4.69) is 46.6 Å². The van der Waals surface area contributed by atoms with Gasteiger partial charge in [-0.05, 0) is 0 Å². The van der Waals surface area contributed by atoms with Crippen molar-refractivity contribution in [3.63, 3.8) is 0 Å². The van der Waals surface area contributed by atoms with Gasteiger partial charge >= 0.3 is 69.6 Å². The Morgan fingerprint density at radius 3 is 1.55 bits per heavy atom. The van der Waals surface area contributed by atoms with Gasteiger partial charge in [0.15, 0.2) is 0 Å². The van der Waals surface area contributed by atoms with Gasteiger partial charge in [0.2, 0.25) is 0 Å². The molecule has 64 valence electrons. The molecule has 1 aliphatic heterocycles. The first-order valence-corrected chi connectivity index (χ1v) is 7.76. The molecule has 1 aliphatic rings. The molecule has 0 aromatic carbocycles. The maximum atomic E-state index is 2.50. The second-order valence-electron chi connectivity index (χ2n) is 4.94. The van der Waals surface area contributed by atoms with E-state index in [1.807, 2.05) is 0 Å². The predicted molar refractivity (Wildman–Crippen MR) is 56.8 cm³/mol. The molecule has 0 radical (unpaired) electrons. The zero-order valence-electron chi connectivity index (χ0n) is 8.52. The molecule has 1 rings (SSSR count). The van der Waals surface area contributed by atoms with E-state index < -0.39 is 6.60 Å². The number of hydrogen-bond acceptors (Lipinski definition) is 0. The van der Waals surface area contributed by atoms with Crippen LogP contribution in [-0.2, 0) is 0 Å². The van der Waals surface area contributed by atoms with Crippen molar-refractivity contribution < 1.29 is 0 Å². The minimum absolute atomic E-state index is 1.49. The summed E-state index contributed by atoms with van der Waals surface area (Å²) in [6.07, 6.45) is 0. The Hall–Kier alpha value is -0.0900. The third kappa shape index (κ3) is 1.29. The Bertz CT molecular complexity index is 258. The molecule has 0 unspecified atom stereocenters. The molecule has 0 atom stereocenters. The summed E-state index contributed by atoms with van der Waals surface area (Å²) >= 11 is 0. The van der Waals surface area contributed by atoms with Crippen molar-refractivity contribution in [3.05, 3.63) is 22.3 Å². The molecule has 0 bridgehead atoms. The second kappa shape index (κ2) is 1.98. The van der Waals surface area contributed by atoms with Crippen molar-refractivity contribution in [2.24, 2.45) is 0 Å². The Morgan fingerprint density at radius 2 is 1.45 bits per heavy atom. The Kier molecular flexibility index (Phi) is 1.62.